The van der Waals surface area contributed by atoms with E-state index in [0.29, 0.717) is 17.5 Å². The first-order chi connectivity index (χ1) is 33.1. The van der Waals surface area contributed by atoms with Gasteiger partial charge in [0, 0.05) is 84.5 Å². The molecule has 0 spiro atoms. The van der Waals surface area contributed by atoms with Crippen molar-refractivity contribution in [3.8, 4) is 0 Å². The standard InChI is InChI=1S/C45H56N12O10S2/c46-17-38(60)51-34-22-69-68-21-33(39(48)61)55-41(63)32(15-24-19-50-29-9-4-2-7-27(24)29)53-42(64)35-10-5-13-56(35)44(66)30(11-12-37(47)59)52-40(62)31(14-23-18-49-28-8-3-1-6-26(23)28)54-43(65)36-16-25(58)20-57(36)45(34)67/h1-4,6-9,18-19,25,30-36,49-50,58H,5,10-17,20-22,46H2,(H2,47,59)(H2,48,61)(H,51,60)(H,52,62)(H,53,64)(H,54,65)(H,55,63)/t25-,30-,31+,32-,33-,34+,35+,36+/m1/s1. The minimum atomic E-state index is -1.43. The predicted octanol–water partition coefficient (Wildman–Crippen LogP) is -2.08. The van der Waals surface area contributed by atoms with Crippen LogP contribution in [0.3, 0.4) is 0 Å². The molecule has 9 amide bonds. The molecule has 8 atom stereocenters. The molecule has 2 aromatic carbocycles. The Morgan fingerprint density at radius 3 is 1.87 bits per heavy atom. The number of hydrogen-bond donors (Lipinski definition) is 11. The minimum Gasteiger partial charge on any atom is -0.391 e. The number of nitrogens with zero attached hydrogens (tertiary/aromatic N) is 2. The van der Waals surface area contributed by atoms with E-state index in [1.165, 1.54) is 4.90 Å². The van der Waals surface area contributed by atoms with Gasteiger partial charge in [0.2, 0.25) is 53.2 Å². The molecule has 22 nitrogen and oxygen atoms in total. The maximum atomic E-state index is 14.6. The monoisotopic (exact) mass is 988 g/mol. The largest absolute Gasteiger partial charge is 0.391 e. The van der Waals surface area contributed by atoms with Crippen molar-refractivity contribution in [2.24, 2.45) is 17.2 Å². The molecule has 4 aromatic rings. The van der Waals surface area contributed by atoms with Gasteiger partial charge in [0.25, 0.3) is 0 Å². The van der Waals surface area contributed by atoms with Gasteiger partial charge in [-0.3, -0.25) is 43.2 Å². The van der Waals surface area contributed by atoms with Crippen LogP contribution in [0.2, 0.25) is 0 Å². The van der Waals surface area contributed by atoms with Crippen LogP contribution < -0.4 is 43.8 Å². The fraction of sp³-hybridized carbons (Fsp3) is 0.444. The van der Waals surface area contributed by atoms with Crippen LogP contribution in [-0.2, 0) is 56.0 Å². The molecule has 0 bridgehead atoms. The van der Waals surface area contributed by atoms with Crippen molar-refractivity contribution in [3.63, 3.8) is 0 Å². The molecule has 14 N–H and O–H groups in total. The number of H-pyrrole nitrogens is 2. The average Bonchev–Trinajstić information content (AvgIpc) is 4.16. The van der Waals surface area contributed by atoms with Crippen LogP contribution >= 0.6 is 21.6 Å². The number of aliphatic hydroxyl groups is 1. The van der Waals surface area contributed by atoms with E-state index >= 15 is 0 Å². The molecule has 24 heteroatoms. The minimum absolute atomic E-state index is 0.0483. The summed E-state index contributed by atoms with van der Waals surface area (Å²) in [4.78, 5) is 133. The lowest BCUT2D eigenvalue weighted by molar-refractivity contribution is -0.143. The van der Waals surface area contributed by atoms with E-state index in [4.69, 9.17) is 17.2 Å². The summed E-state index contributed by atoms with van der Waals surface area (Å²) in [5.41, 5.74) is 19.7. The molecule has 3 aliphatic heterocycles. The number of carbonyl (C=O) groups excluding carboxylic acids is 9. The second-order valence-electron chi connectivity index (χ2n) is 17.3. The van der Waals surface area contributed by atoms with Crippen LogP contribution in [-0.4, -0.2) is 158 Å². The van der Waals surface area contributed by atoms with Gasteiger partial charge in [-0.2, -0.15) is 0 Å². The third kappa shape index (κ3) is 12.2. The Morgan fingerprint density at radius 2 is 1.28 bits per heavy atom. The lowest BCUT2D eigenvalue weighted by Gasteiger charge is -2.31. The smallest absolute Gasteiger partial charge is 0.246 e. The van der Waals surface area contributed by atoms with Crippen molar-refractivity contribution in [2.75, 3.05) is 31.1 Å². The molecule has 3 fully saturated rings. The number of hydrogen-bond acceptors (Lipinski definition) is 13. The highest BCUT2D eigenvalue weighted by Crippen LogP contribution is 2.28. The van der Waals surface area contributed by atoms with E-state index in [9.17, 15) is 48.3 Å². The van der Waals surface area contributed by atoms with Gasteiger partial charge in [0.15, 0.2) is 0 Å². The summed E-state index contributed by atoms with van der Waals surface area (Å²) in [7, 11) is 2.11. The van der Waals surface area contributed by atoms with E-state index in [1.807, 2.05) is 42.5 Å². The van der Waals surface area contributed by atoms with E-state index in [2.05, 4.69) is 36.6 Å². The number of aliphatic hydroxyl groups excluding tert-OH is 1. The topological polar surface area (TPSA) is 350 Å². The number of rotatable bonds is 10. The van der Waals surface area contributed by atoms with Crippen molar-refractivity contribution in [3.05, 3.63) is 72.1 Å². The van der Waals surface area contributed by atoms with Gasteiger partial charge in [0.1, 0.15) is 42.3 Å². The summed E-state index contributed by atoms with van der Waals surface area (Å²) in [5, 5.41) is 25.9. The van der Waals surface area contributed by atoms with E-state index < -0.39 is 108 Å². The summed E-state index contributed by atoms with van der Waals surface area (Å²) in [5.74, 6) is -7.18. The number of fused-ring (bicyclic) bond motifs is 4. The van der Waals surface area contributed by atoms with Crippen molar-refractivity contribution in [1.82, 2.24) is 46.4 Å². The van der Waals surface area contributed by atoms with Gasteiger partial charge in [-0.05, 0) is 42.5 Å². The Hall–Kier alpha value is -6.63. The highest BCUT2D eigenvalue weighted by atomic mass is 33.1. The molecule has 7 rings (SSSR count). The Balaban J connectivity index is 1.25. The zero-order chi connectivity index (χ0) is 49.4. The Labute approximate surface area is 403 Å². The molecule has 0 unspecified atom stereocenters. The summed E-state index contributed by atoms with van der Waals surface area (Å²) in [6.07, 6.45) is 1.74. The molecule has 3 aliphatic rings. The second-order valence-corrected chi connectivity index (χ2v) is 19.8. The number of primary amides is 2. The summed E-state index contributed by atoms with van der Waals surface area (Å²) >= 11 is 0. The number of aromatic nitrogens is 2. The van der Waals surface area contributed by atoms with Crippen LogP contribution in [0.5, 0.6) is 0 Å². The summed E-state index contributed by atoms with van der Waals surface area (Å²) in [6, 6.07) is 5.41. The lowest BCUT2D eigenvalue weighted by atomic mass is 10.0. The van der Waals surface area contributed by atoms with Crippen molar-refractivity contribution in [1.29, 1.82) is 0 Å². The van der Waals surface area contributed by atoms with Gasteiger partial charge in [-0.25, -0.2) is 0 Å². The van der Waals surface area contributed by atoms with Crippen LogP contribution in [0.1, 0.15) is 43.2 Å². The van der Waals surface area contributed by atoms with Crippen molar-refractivity contribution >= 4 is 96.6 Å². The number of nitrogens with two attached hydrogens (primary N) is 3. The molecule has 0 radical (unpaired) electrons. The molecular weight excluding hydrogens is 933 g/mol. The molecule has 0 saturated carbocycles. The quantitative estimate of drug-likeness (QED) is 0.0761. The van der Waals surface area contributed by atoms with Gasteiger partial charge in [-0.1, -0.05) is 58.0 Å². The Bertz CT molecular complexity index is 2610. The molecule has 0 aliphatic carbocycles. The molecule has 69 heavy (non-hydrogen) atoms. The number of para-hydroxylation sites is 2. The van der Waals surface area contributed by atoms with E-state index in [-0.39, 0.29) is 63.1 Å². The van der Waals surface area contributed by atoms with Crippen LogP contribution in [0.25, 0.3) is 21.8 Å². The van der Waals surface area contributed by atoms with Gasteiger partial charge < -0.3 is 68.7 Å². The first kappa shape index (κ1) is 50.3. The number of amides is 9. The van der Waals surface area contributed by atoms with Crippen LogP contribution in [0.4, 0.5) is 0 Å². The highest BCUT2D eigenvalue weighted by molar-refractivity contribution is 8.76. The maximum absolute atomic E-state index is 14.6. The molecule has 368 valence electrons. The number of nitrogens with one attached hydrogen (secondary N) is 7. The van der Waals surface area contributed by atoms with Crippen molar-refractivity contribution in [2.45, 2.75) is 93.3 Å². The van der Waals surface area contributed by atoms with Crippen LogP contribution in [0, 0.1) is 0 Å². The van der Waals surface area contributed by atoms with E-state index in [1.54, 1.807) is 18.5 Å². The van der Waals surface area contributed by atoms with Crippen LogP contribution in [0.15, 0.2) is 60.9 Å². The fourth-order valence-electron chi connectivity index (χ4n) is 8.95. The first-order valence-electron chi connectivity index (χ1n) is 22.5. The molecule has 3 saturated heterocycles. The second kappa shape index (κ2) is 22.7. The lowest BCUT2D eigenvalue weighted by Crippen LogP contribution is -2.60. The number of carbonyl (C=O) groups is 9. The van der Waals surface area contributed by atoms with E-state index in [0.717, 1.165) is 48.3 Å². The third-order valence-electron chi connectivity index (χ3n) is 12.5. The highest BCUT2D eigenvalue weighted by Gasteiger charge is 2.44. The number of aromatic amines is 2. The zero-order valence-corrected chi connectivity index (χ0v) is 39.1. The predicted molar refractivity (Wildman–Crippen MR) is 256 cm³/mol. The maximum Gasteiger partial charge on any atom is 0.246 e. The SMILES string of the molecule is NCC(=O)N[C@H]1CSSC[C@H](C(N)=O)NC(=O)[C@@H](Cc2c[nH]c3ccccc23)NC(=O)[C@@H]2CCCN2C(=O)[C@@H](CCC(N)=O)NC(=O)[C@H](Cc2c[nH]c3ccccc23)NC(=O)[C@@H]2C[C@@H](O)CN2C1=O. The normalized spacial score (nSPS) is 25.9. The van der Waals surface area contributed by atoms with Crippen molar-refractivity contribution < 1.29 is 48.3 Å². The average molecular weight is 989 g/mol. The fourth-order valence-corrected chi connectivity index (χ4v) is 11.3. The number of benzene rings is 2. The Morgan fingerprint density at radius 1 is 0.710 bits per heavy atom. The van der Waals surface area contributed by atoms with Gasteiger partial charge >= 0.3 is 0 Å². The Kier molecular flexibility index (Phi) is 16.5. The molecular formula is C45H56N12O10S2. The zero-order valence-electron chi connectivity index (χ0n) is 37.4. The van der Waals surface area contributed by atoms with Gasteiger partial charge in [-0.15, -0.1) is 0 Å². The summed E-state index contributed by atoms with van der Waals surface area (Å²) < 4.78 is 0. The summed E-state index contributed by atoms with van der Waals surface area (Å²) in [6.45, 7) is -0.702. The van der Waals surface area contributed by atoms with Gasteiger partial charge in [0.05, 0.1) is 12.6 Å². The first-order valence-corrected chi connectivity index (χ1v) is 25.0. The molecule has 2 aromatic heterocycles. The molecule has 5 heterocycles. The third-order valence-corrected chi connectivity index (χ3v) is 14.9.